The van der Waals surface area contributed by atoms with Crippen LogP contribution in [0.15, 0.2) is 121 Å². The molecule has 8 heteroatoms. The Bertz CT molecular complexity index is 1240. The second-order valence-electron chi connectivity index (χ2n) is 6.84. The smallest absolute Gasteiger partial charge is 0.0404 e. The van der Waals surface area contributed by atoms with E-state index in [0.717, 1.165) is 10.2 Å². The van der Waals surface area contributed by atoms with E-state index in [1.807, 2.05) is 35.7 Å². The Morgan fingerprint density at radius 1 is 0.562 bits per heavy atom. The first kappa shape index (κ1) is 23.5. The molecule has 0 saturated heterocycles. The van der Waals surface area contributed by atoms with Crippen LogP contribution in [0.25, 0.3) is 0 Å². The predicted octanol–water partition coefficient (Wildman–Crippen LogP) is 10.3. The van der Waals surface area contributed by atoms with E-state index >= 15 is 0 Å². The van der Waals surface area contributed by atoms with Crippen molar-refractivity contribution in [1.29, 1.82) is 0 Å². The third kappa shape index (κ3) is 5.06. The van der Waals surface area contributed by atoms with Gasteiger partial charge in [0, 0.05) is 57.4 Å². The molecule has 0 radical (unpaired) electrons. The molecule has 4 aromatic rings. The first-order chi connectivity index (χ1) is 15.5. The largest absolute Gasteiger partial charge is 0.399 e. The lowest BCUT2D eigenvalue weighted by Crippen LogP contribution is -1.92. The summed E-state index contributed by atoms with van der Waals surface area (Å²) in [6, 6.07) is 25.4. The predicted molar refractivity (Wildman–Crippen MR) is 155 cm³/mol. The number of halogens is 3. The molecule has 0 aliphatic carbocycles. The fourth-order valence-electron chi connectivity index (χ4n) is 3.13. The SMILES string of the molecule is Brc1cccc2c1Sc1ccc(I)cc1S2.Nc1ccc2c(c1)Sc1cccc(Br)c1S2. The van der Waals surface area contributed by atoms with Crippen LogP contribution in [-0.2, 0) is 0 Å². The summed E-state index contributed by atoms with van der Waals surface area (Å²) in [7, 11) is 0. The second-order valence-corrected chi connectivity index (χ2v) is 14.1. The molecule has 2 heterocycles. The van der Waals surface area contributed by atoms with E-state index in [4.69, 9.17) is 5.73 Å². The van der Waals surface area contributed by atoms with Crippen molar-refractivity contribution in [1.82, 2.24) is 0 Å². The lowest BCUT2D eigenvalue weighted by molar-refractivity contribution is 1.14. The maximum absolute atomic E-state index is 5.80. The molecular formula is C24H14Br2INS4. The normalized spacial score (nSPS) is 13.1. The summed E-state index contributed by atoms with van der Waals surface area (Å²) in [5, 5.41) is 0. The summed E-state index contributed by atoms with van der Waals surface area (Å²) in [6.45, 7) is 0. The van der Waals surface area contributed by atoms with Gasteiger partial charge in [-0.05, 0) is 115 Å². The standard InChI is InChI=1S/C12H6BrIS2.C12H8BrNS2/c2*13-8-2-1-3-10-12(8)16-9-5-4-7(14)6-11(9)15-10/h1-6H;1-6H,14H2. The van der Waals surface area contributed by atoms with Crippen LogP contribution in [0.2, 0.25) is 0 Å². The highest BCUT2D eigenvalue weighted by atomic mass is 127. The van der Waals surface area contributed by atoms with E-state index in [2.05, 4.69) is 115 Å². The van der Waals surface area contributed by atoms with Crippen molar-refractivity contribution in [3.8, 4) is 0 Å². The molecule has 2 N–H and O–H groups in total. The minimum Gasteiger partial charge on any atom is -0.399 e. The zero-order valence-corrected chi connectivity index (χ0v) is 24.9. The van der Waals surface area contributed by atoms with Gasteiger partial charge in [-0.15, -0.1) is 0 Å². The number of benzene rings is 4. The van der Waals surface area contributed by atoms with E-state index in [1.54, 1.807) is 23.5 Å². The van der Waals surface area contributed by atoms with Crippen LogP contribution in [0, 0.1) is 3.57 Å². The Kier molecular flexibility index (Phi) is 7.48. The number of nitrogens with two attached hydrogens (primary N) is 1. The zero-order valence-electron chi connectivity index (χ0n) is 16.3. The molecule has 0 bridgehead atoms. The number of anilines is 1. The van der Waals surface area contributed by atoms with E-state index < -0.39 is 0 Å². The molecule has 32 heavy (non-hydrogen) atoms. The molecule has 160 valence electrons. The van der Waals surface area contributed by atoms with Crippen molar-refractivity contribution in [2.24, 2.45) is 0 Å². The van der Waals surface area contributed by atoms with Crippen LogP contribution in [0.5, 0.6) is 0 Å². The Labute approximate surface area is 234 Å². The monoisotopic (exact) mass is 729 g/mol. The molecule has 2 aliphatic heterocycles. The highest BCUT2D eigenvalue weighted by Crippen LogP contribution is 2.52. The van der Waals surface area contributed by atoms with E-state index in [-0.39, 0.29) is 0 Å². The van der Waals surface area contributed by atoms with E-state index in [0.29, 0.717) is 0 Å². The molecule has 0 atom stereocenters. The van der Waals surface area contributed by atoms with Gasteiger partial charge < -0.3 is 5.73 Å². The molecule has 0 fully saturated rings. The van der Waals surface area contributed by atoms with Crippen LogP contribution in [0.3, 0.4) is 0 Å². The average Bonchev–Trinajstić information content (AvgIpc) is 2.78. The summed E-state index contributed by atoms with van der Waals surface area (Å²) in [6.07, 6.45) is 0. The van der Waals surface area contributed by atoms with Gasteiger partial charge in [-0.2, -0.15) is 0 Å². The van der Waals surface area contributed by atoms with Gasteiger partial charge in [-0.25, -0.2) is 0 Å². The molecule has 0 unspecified atom stereocenters. The highest BCUT2D eigenvalue weighted by molar-refractivity contribution is 14.1. The topological polar surface area (TPSA) is 26.0 Å². The summed E-state index contributed by atoms with van der Waals surface area (Å²) in [5.41, 5.74) is 6.62. The van der Waals surface area contributed by atoms with Crippen molar-refractivity contribution in [2.75, 3.05) is 5.73 Å². The van der Waals surface area contributed by atoms with Crippen LogP contribution >= 0.6 is 101 Å². The molecule has 0 aromatic heterocycles. The van der Waals surface area contributed by atoms with Gasteiger partial charge in [-0.3, -0.25) is 0 Å². The molecule has 1 nitrogen and oxygen atoms in total. The van der Waals surface area contributed by atoms with Gasteiger partial charge in [0.15, 0.2) is 0 Å². The Balaban J connectivity index is 0.000000135. The zero-order chi connectivity index (χ0) is 22.2. The van der Waals surface area contributed by atoms with Gasteiger partial charge >= 0.3 is 0 Å². The third-order valence-electron chi connectivity index (χ3n) is 4.60. The van der Waals surface area contributed by atoms with Crippen molar-refractivity contribution < 1.29 is 0 Å². The van der Waals surface area contributed by atoms with Crippen molar-refractivity contribution >= 4 is 107 Å². The maximum Gasteiger partial charge on any atom is 0.0404 e. The Morgan fingerprint density at radius 2 is 1.09 bits per heavy atom. The minimum absolute atomic E-state index is 0.824. The third-order valence-corrected chi connectivity index (χ3v) is 12.3. The number of nitrogen functional groups attached to an aromatic ring is 1. The molecule has 4 aromatic carbocycles. The van der Waals surface area contributed by atoms with Gasteiger partial charge in [0.05, 0.1) is 0 Å². The molecule has 0 saturated carbocycles. The fourth-order valence-corrected chi connectivity index (χ4v) is 9.90. The van der Waals surface area contributed by atoms with Gasteiger partial charge in [0.1, 0.15) is 0 Å². The molecular weight excluding hydrogens is 717 g/mol. The van der Waals surface area contributed by atoms with Crippen LogP contribution in [-0.4, -0.2) is 0 Å². The van der Waals surface area contributed by atoms with E-state index in [1.165, 1.54) is 47.2 Å². The summed E-state index contributed by atoms with van der Waals surface area (Å²) in [5.74, 6) is 0. The van der Waals surface area contributed by atoms with Crippen molar-refractivity contribution in [2.45, 2.75) is 39.2 Å². The number of fused-ring (bicyclic) bond motifs is 4. The van der Waals surface area contributed by atoms with Gasteiger partial charge in [0.25, 0.3) is 0 Å². The fraction of sp³-hybridized carbons (Fsp3) is 0. The lowest BCUT2D eigenvalue weighted by atomic mass is 10.3. The number of rotatable bonds is 0. The highest BCUT2D eigenvalue weighted by Gasteiger charge is 2.19. The number of hydrogen-bond acceptors (Lipinski definition) is 5. The number of hydrogen-bond donors (Lipinski definition) is 1. The van der Waals surface area contributed by atoms with Crippen LogP contribution in [0.1, 0.15) is 0 Å². The second kappa shape index (κ2) is 10.2. The van der Waals surface area contributed by atoms with Crippen molar-refractivity contribution in [3.05, 3.63) is 85.3 Å². The summed E-state index contributed by atoms with van der Waals surface area (Å²) < 4.78 is 3.64. The average molecular weight is 731 g/mol. The maximum atomic E-state index is 5.80. The molecule has 6 rings (SSSR count). The van der Waals surface area contributed by atoms with Crippen LogP contribution in [0.4, 0.5) is 5.69 Å². The Hall–Kier alpha value is -0.230. The van der Waals surface area contributed by atoms with Gasteiger partial charge in [-0.1, -0.05) is 59.2 Å². The van der Waals surface area contributed by atoms with Crippen LogP contribution < -0.4 is 5.73 Å². The first-order valence-corrected chi connectivity index (χ1v) is 15.4. The van der Waals surface area contributed by atoms with Gasteiger partial charge in [0.2, 0.25) is 0 Å². The summed E-state index contributed by atoms with van der Waals surface area (Å²) in [4.78, 5) is 10.5. The quantitative estimate of drug-likeness (QED) is 0.124. The van der Waals surface area contributed by atoms with Crippen molar-refractivity contribution in [3.63, 3.8) is 0 Å². The first-order valence-electron chi connectivity index (χ1n) is 9.45. The summed E-state index contributed by atoms with van der Waals surface area (Å²) >= 11 is 16.8. The molecule has 0 spiro atoms. The Morgan fingerprint density at radius 3 is 1.69 bits per heavy atom. The molecule has 0 amide bonds. The van der Waals surface area contributed by atoms with E-state index in [9.17, 15) is 0 Å². The lowest BCUT2D eigenvalue weighted by Gasteiger charge is -2.19. The minimum atomic E-state index is 0.824. The molecule has 2 aliphatic rings.